The van der Waals surface area contributed by atoms with Crippen molar-refractivity contribution in [1.82, 2.24) is 10.0 Å². The van der Waals surface area contributed by atoms with Gasteiger partial charge in [-0.05, 0) is 31.2 Å². The van der Waals surface area contributed by atoms with Crippen molar-refractivity contribution in [1.29, 1.82) is 0 Å². The lowest BCUT2D eigenvalue weighted by Crippen LogP contribution is -2.49. The molecule has 1 heterocycles. The SMILES string of the molecule is CCC(CC)(CNC(=O)C(C)NS(=O)(=O)c1cccs1)C(=O)O. The summed E-state index contributed by atoms with van der Waals surface area (Å²) in [4.78, 5) is 23.5. The lowest BCUT2D eigenvalue weighted by molar-refractivity contribution is -0.149. The first-order valence-electron chi connectivity index (χ1n) is 7.25. The van der Waals surface area contributed by atoms with Gasteiger partial charge in [0.25, 0.3) is 10.0 Å². The zero-order valence-corrected chi connectivity index (χ0v) is 15.0. The number of carbonyl (C=O) groups excluding carboxylic acids is 1. The fraction of sp³-hybridized carbons (Fsp3) is 0.571. The summed E-state index contributed by atoms with van der Waals surface area (Å²) in [5.74, 6) is -1.53. The van der Waals surface area contributed by atoms with Crippen LogP contribution >= 0.6 is 11.3 Å². The van der Waals surface area contributed by atoms with Crippen molar-refractivity contribution in [2.24, 2.45) is 5.41 Å². The molecule has 1 atom stereocenters. The van der Waals surface area contributed by atoms with E-state index >= 15 is 0 Å². The van der Waals surface area contributed by atoms with Crippen LogP contribution in [0.25, 0.3) is 0 Å². The van der Waals surface area contributed by atoms with Gasteiger partial charge in [0.05, 0.1) is 11.5 Å². The van der Waals surface area contributed by atoms with Crippen LogP contribution in [0.15, 0.2) is 21.7 Å². The molecular formula is C14H22N2O5S2. The summed E-state index contributed by atoms with van der Waals surface area (Å²) in [6, 6.07) is 2.05. The molecule has 0 spiro atoms. The van der Waals surface area contributed by atoms with Gasteiger partial charge in [0.1, 0.15) is 4.21 Å². The van der Waals surface area contributed by atoms with Crippen molar-refractivity contribution in [3.63, 3.8) is 0 Å². The number of hydrogen-bond acceptors (Lipinski definition) is 5. The van der Waals surface area contributed by atoms with Gasteiger partial charge in [-0.25, -0.2) is 8.42 Å². The third-order valence-electron chi connectivity index (χ3n) is 3.89. The molecule has 1 amide bonds. The van der Waals surface area contributed by atoms with Crippen molar-refractivity contribution < 1.29 is 23.1 Å². The molecule has 1 aromatic heterocycles. The van der Waals surface area contributed by atoms with Crippen molar-refractivity contribution in [2.75, 3.05) is 6.54 Å². The summed E-state index contributed by atoms with van der Waals surface area (Å²) >= 11 is 1.05. The Morgan fingerprint density at radius 3 is 2.39 bits per heavy atom. The maximum atomic E-state index is 12.1. The summed E-state index contributed by atoms with van der Waals surface area (Å²) in [6.45, 7) is 4.86. The van der Waals surface area contributed by atoms with E-state index in [4.69, 9.17) is 0 Å². The minimum absolute atomic E-state index is 0.0424. The fourth-order valence-corrected chi connectivity index (χ4v) is 4.26. The number of rotatable bonds is 9. The van der Waals surface area contributed by atoms with E-state index in [9.17, 15) is 23.1 Å². The molecule has 0 saturated carbocycles. The Bertz CT molecular complexity index is 636. The van der Waals surface area contributed by atoms with Gasteiger partial charge in [-0.1, -0.05) is 19.9 Å². The van der Waals surface area contributed by atoms with Gasteiger partial charge in [-0.2, -0.15) is 4.72 Å². The van der Waals surface area contributed by atoms with Crippen LogP contribution < -0.4 is 10.0 Å². The molecule has 7 nitrogen and oxygen atoms in total. The highest BCUT2D eigenvalue weighted by Crippen LogP contribution is 2.25. The average Bonchev–Trinajstić information content (AvgIpc) is 3.02. The third-order valence-corrected chi connectivity index (χ3v) is 6.83. The van der Waals surface area contributed by atoms with Crippen molar-refractivity contribution >= 4 is 33.2 Å². The van der Waals surface area contributed by atoms with E-state index in [1.807, 2.05) is 0 Å². The Kier molecular flexibility index (Phi) is 6.72. The number of carboxylic acid groups (broad SMARTS) is 1. The number of carboxylic acids is 1. The lowest BCUT2D eigenvalue weighted by Gasteiger charge is -2.27. The molecule has 23 heavy (non-hydrogen) atoms. The van der Waals surface area contributed by atoms with E-state index in [1.54, 1.807) is 25.3 Å². The third kappa shape index (κ3) is 4.76. The van der Waals surface area contributed by atoms with Gasteiger partial charge in [0.2, 0.25) is 5.91 Å². The fourth-order valence-electron chi connectivity index (χ4n) is 2.05. The predicted octanol–water partition coefficient (Wildman–Crippen LogP) is 1.42. The second-order valence-corrected chi connectivity index (χ2v) is 8.17. The van der Waals surface area contributed by atoms with Crippen LogP contribution in [-0.2, 0) is 19.6 Å². The Labute approximate surface area is 140 Å². The number of hydrogen-bond donors (Lipinski definition) is 3. The molecule has 0 fully saturated rings. The van der Waals surface area contributed by atoms with E-state index < -0.39 is 33.4 Å². The van der Waals surface area contributed by atoms with Crippen LogP contribution in [-0.4, -0.2) is 38.0 Å². The van der Waals surface area contributed by atoms with E-state index in [0.29, 0.717) is 12.8 Å². The van der Waals surface area contributed by atoms with E-state index in [0.717, 1.165) is 11.3 Å². The minimum atomic E-state index is -3.75. The first-order chi connectivity index (χ1) is 10.7. The van der Waals surface area contributed by atoms with E-state index in [1.165, 1.54) is 13.0 Å². The lowest BCUT2D eigenvalue weighted by atomic mass is 9.82. The molecule has 1 rings (SSSR count). The highest BCUT2D eigenvalue weighted by atomic mass is 32.2. The smallest absolute Gasteiger partial charge is 0.311 e. The van der Waals surface area contributed by atoms with Crippen LogP contribution in [0.3, 0.4) is 0 Å². The number of thiophene rings is 1. The molecule has 0 aromatic carbocycles. The summed E-state index contributed by atoms with van der Waals surface area (Å²) in [5, 5.41) is 13.5. The summed E-state index contributed by atoms with van der Waals surface area (Å²) in [7, 11) is -3.75. The van der Waals surface area contributed by atoms with E-state index in [2.05, 4.69) is 10.0 Å². The number of carbonyl (C=O) groups is 2. The van der Waals surface area contributed by atoms with Crippen LogP contribution in [0.4, 0.5) is 0 Å². The molecule has 0 aliphatic rings. The monoisotopic (exact) mass is 362 g/mol. The molecule has 130 valence electrons. The molecule has 3 N–H and O–H groups in total. The van der Waals surface area contributed by atoms with Gasteiger partial charge in [-0.15, -0.1) is 11.3 Å². The highest BCUT2D eigenvalue weighted by molar-refractivity contribution is 7.91. The number of aliphatic carboxylic acids is 1. The summed E-state index contributed by atoms with van der Waals surface area (Å²) in [5.41, 5.74) is -1.04. The van der Waals surface area contributed by atoms with E-state index in [-0.39, 0.29) is 10.8 Å². The quantitative estimate of drug-likeness (QED) is 0.615. The molecule has 1 aromatic rings. The Balaban J connectivity index is 2.69. The molecule has 0 aliphatic heterocycles. The number of sulfonamides is 1. The van der Waals surface area contributed by atoms with Gasteiger partial charge < -0.3 is 10.4 Å². The topological polar surface area (TPSA) is 113 Å². The largest absolute Gasteiger partial charge is 0.481 e. The van der Waals surface area contributed by atoms with Crippen LogP contribution in [0.5, 0.6) is 0 Å². The molecule has 0 aliphatic carbocycles. The minimum Gasteiger partial charge on any atom is -0.481 e. The molecule has 0 radical (unpaired) electrons. The predicted molar refractivity (Wildman–Crippen MR) is 87.8 cm³/mol. The second kappa shape index (κ2) is 7.89. The zero-order chi connectivity index (χ0) is 17.7. The molecule has 1 unspecified atom stereocenters. The maximum Gasteiger partial charge on any atom is 0.311 e. The molecule has 0 bridgehead atoms. The Morgan fingerprint density at radius 1 is 1.35 bits per heavy atom. The van der Waals surface area contributed by atoms with Crippen molar-refractivity contribution in [3.8, 4) is 0 Å². The first kappa shape index (κ1) is 19.6. The van der Waals surface area contributed by atoms with Gasteiger partial charge in [-0.3, -0.25) is 9.59 Å². The summed E-state index contributed by atoms with van der Waals surface area (Å²) < 4.78 is 26.5. The Morgan fingerprint density at radius 2 is 1.96 bits per heavy atom. The van der Waals surface area contributed by atoms with Gasteiger partial charge >= 0.3 is 5.97 Å². The van der Waals surface area contributed by atoms with Gasteiger partial charge in [0, 0.05) is 6.54 Å². The van der Waals surface area contributed by atoms with Gasteiger partial charge in [0.15, 0.2) is 0 Å². The second-order valence-electron chi connectivity index (χ2n) is 5.29. The number of nitrogens with one attached hydrogen (secondary N) is 2. The summed E-state index contributed by atoms with van der Waals surface area (Å²) in [6.07, 6.45) is 0.739. The maximum absolute atomic E-state index is 12.1. The van der Waals surface area contributed by atoms with Crippen molar-refractivity contribution in [3.05, 3.63) is 17.5 Å². The molecule has 9 heteroatoms. The standard InChI is InChI=1S/C14H22N2O5S2/c1-4-14(5-2,13(18)19)9-15-12(17)10(3)16-23(20,21)11-7-6-8-22-11/h6-8,10,16H,4-5,9H2,1-3H3,(H,15,17)(H,18,19). The average molecular weight is 362 g/mol. The normalized spacial score (nSPS) is 13.5. The van der Waals surface area contributed by atoms with Crippen LogP contribution in [0.1, 0.15) is 33.6 Å². The molecule has 0 saturated heterocycles. The first-order valence-corrected chi connectivity index (χ1v) is 9.61. The zero-order valence-electron chi connectivity index (χ0n) is 13.3. The molecular weight excluding hydrogens is 340 g/mol. The van der Waals surface area contributed by atoms with Crippen LogP contribution in [0, 0.1) is 5.41 Å². The number of amides is 1. The van der Waals surface area contributed by atoms with Crippen molar-refractivity contribution in [2.45, 2.75) is 43.9 Å². The van der Waals surface area contributed by atoms with Crippen LogP contribution in [0.2, 0.25) is 0 Å². The highest BCUT2D eigenvalue weighted by Gasteiger charge is 2.35. The Hall–Kier alpha value is -1.45.